The van der Waals surface area contributed by atoms with Crippen LogP contribution >= 0.6 is 0 Å². The summed E-state index contributed by atoms with van der Waals surface area (Å²) in [6.45, 7) is 3.21. The highest BCUT2D eigenvalue weighted by atomic mass is 16.2. The van der Waals surface area contributed by atoms with Gasteiger partial charge in [0.15, 0.2) is 0 Å². The maximum Gasteiger partial charge on any atom is 0.273 e. The number of benzene rings is 1. The zero-order chi connectivity index (χ0) is 14.1. The number of rotatable bonds is 1. The van der Waals surface area contributed by atoms with Gasteiger partial charge in [-0.3, -0.25) is 9.78 Å². The number of nitrogens with two attached hydrogens (primary N) is 1. The zero-order valence-electron chi connectivity index (χ0n) is 11.5. The fourth-order valence-corrected chi connectivity index (χ4v) is 2.67. The van der Waals surface area contributed by atoms with Gasteiger partial charge in [0.2, 0.25) is 0 Å². The van der Waals surface area contributed by atoms with Crippen molar-refractivity contribution in [2.45, 2.75) is 19.9 Å². The monoisotopic (exact) mass is 267 g/mol. The van der Waals surface area contributed by atoms with E-state index in [1.54, 1.807) is 6.20 Å². The highest BCUT2D eigenvalue weighted by molar-refractivity contribution is 5.93. The van der Waals surface area contributed by atoms with Crippen molar-refractivity contribution >= 4 is 11.6 Å². The molecule has 0 radical (unpaired) electrons. The van der Waals surface area contributed by atoms with E-state index in [0.29, 0.717) is 18.8 Å². The van der Waals surface area contributed by atoms with Crippen LogP contribution in [0.5, 0.6) is 0 Å². The number of hydrogen-bond donors (Lipinski definition) is 1. The van der Waals surface area contributed by atoms with Gasteiger partial charge in [0.25, 0.3) is 5.91 Å². The summed E-state index contributed by atoms with van der Waals surface area (Å²) in [7, 11) is 0. The van der Waals surface area contributed by atoms with E-state index in [1.165, 1.54) is 5.56 Å². The highest BCUT2D eigenvalue weighted by Crippen LogP contribution is 2.25. The molecule has 0 aliphatic carbocycles. The molecule has 1 aliphatic heterocycles. The van der Waals surface area contributed by atoms with Crippen LogP contribution in [0.1, 0.15) is 27.2 Å². The van der Waals surface area contributed by atoms with Crippen molar-refractivity contribution in [1.82, 2.24) is 9.88 Å². The first-order chi connectivity index (χ1) is 9.66. The minimum absolute atomic E-state index is 0.00354. The Morgan fingerprint density at radius 2 is 2.15 bits per heavy atom. The van der Waals surface area contributed by atoms with Crippen LogP contribution in [-0.2, 0) is 13.0 Å². The van der Waals surface area contributed by atoms with Gasteiger partial charge in [0.05, 0.1) is 0 Å². The Labute approximate surface area is 118 Å². The summed E-state index contributed by atoms with van der Waals surface area (Å²) in [5, 5.41) is 0. The number of nitrogens with zero attached hydrogens (tertiary/aromatic N) is 2. The average Bonchev–Trinajstić information content (AvgIpc) is 2.47. The third kappa shape index (κ3) is 2.13. The Morgan fingerprint density at radius 3 is 2.95 bits per heavy atom. The summed E-state index contributed by atoms with van der Waals surface area (Å²) in [5.74, 6) is -0.00354. The molecule has 20 heavy (non-hydrogen) atoms. The normalized spacial score (nSPS) is 13.9. The van der Waals surface area contributed by atoms with Gasteiger partial charge in [-0.05, 0) is 42.2 Å². The molecule has 1 aromatic carbocycles. The summed E-state index contributed by atoms with van der Waals surface area (Å²) in [4.78, 5) is 18.6. The number of fused-ring (bicyclic) bond motifs is 1. The van der Waals surface area contributed by atoms with Crippen LogP contribution in [-0.4, -0.2) is 22.3 Å². The Balaban J connectivity index is 1.88. The molecule has 0 bridgehead atoms. The number of amides is 1. The first-order valence-corrected chi connectivity index (χ1v) is 6.74. The lowest BCUT2D eigenvalue weighted by Crippen LogP contribution is -2.37. The SMILES string of the molecule is Cc1cccnc1C(=O)N1CCc2c(N)cccc2C1. The standard InChI is InChI=1S/C16H17N3O/c1-11-4-3-8-18-15(11)16(20)19-9-7-13-12(10-19)5-2-6-14(13)17/h2-6,8H,7,9-10,17H2,1H3. The second kappa shape index (κ2) is 4.96. The number of aromatic nitrogens is 1. The van der Waals surface area contributed by atoms with E-state index in [-0.39, 0.29) is 5.91 Å². The van der Waals surface area contributed by atoms with Gasteiger partial charge in [-0.1, -0.05) is 18.2 Å². The predicted molar refractivity (Wildman–Crippen MR) is 78.3 cm³/mol. The third-order valence-corrected chi connectivity index (χ3v) is 3.80. The maximum absolute atomic E-state index is 12.5. The van der Waals surface area contributed by atoms with Crippen molar-refractivity contribution in [3.05, 3.63) is 58.9 Å². The Bertz CT molecular complexity index is 667. The van der Waals surface area contributed by atoms with Crippen molar-refractivity contribution < 1.29 is 4.79 Å². The van der Waals surface area contributed by atoms with Crippen LogP contribution in [0.15, 0.2) is 36.5 Å². The molecular formula is C16H17N3O. The lowest BCUT2D eigenvalue weighted by Gasteiger charge is -2.29. The highest BCUT2D eigenvalue weighted by Gasteiger charge is 2.24. The third-order valence-electron chi connectivity index (χ3n) is 3.80. The zero-order valence-corrected chi connectivity index (χ0v) is 11.5. The lowest BCUT2D eigenvalue weighted by molar-refractivity contribution is 0.0728. The Kier molecular flexibility index (Phi) is 3.14. The molecule has 4 heteroatoms. The van der Waals surface area contributed by atoms with Crippen molar-refractivity contribution in [3.8, 4) is 0 Å². The van der Waals surface area contributed by atoms with Crippen molar-refractivity contribution in [1.29, 1.82) is 0 Å². The first kappa shape index (κ1) is 12.7. The van der Waals surface area contributed by atoms with E-state index < -0.39 is 0 Å². The lowest BCUT2D eigenvalue weighted by atomic mass is 9.97. The second-order valence-electron chi connectivity index (χ2n) is 5.13. The molecular weight excluding hydrogens is 250 g/mol. The molecule has 2 N–H and O–H groups in total. The van der Waals surface area contributed by atoms with E-state index in [4.69, 9.17) is 5.73 Å². The molecule has 2 aromatic rings. The van der Waals surface area contributed by atoms with Crippen LogP contribution in [0.2, 0.25) is 0 Å². The van der Waals surface area contributed by atoms with Crippen LogP contribution in [0.25, 0.3) is 0 Å². The Morgan fingerprint density at radius 1 is 1.30 bits per heavy atom. The fourth-order valence-electron chi connectivity index (χ4n) is 2.67. The van der Waals surface area contributed by atoms with Gasteiger partial charge in [0, 0.05) is 25.0 Å². The van der Waals surface area contributed by atoms with Gasteiger partial charge in [-0.25, -0.2) is 0 Å². The molecule has 1 amide bonds. The van der Waals surface area contributed by atoms with E-state index in [2.05, 4.69) is 4.98 Å². The average molecular weight is 267 g/mol. The molecule has 0 fully saturated rings. The number of anilines is 1. The van der Waals surface area contributed by atoms with E-state index >= 15 is 0 Å². The molecule has 0 atom stereocenters. The molecule has 0 saturated heterocycles. The number of hydrogen-bond acceptors (Lipinski definition) is 3. The topological polar surface area (TPSA) is 59.2 Å². The Hall–Kier alpha value is -2.36. The number of nitrogen functional groups attached to an aromatic ring is 1. The van der Waals surface area contributed by atoms with Crippen molar-refractivity contribution in [3.63, 3.8) is 0 Å². The van der Waals surface area contributed by atoms with Gasteiger partial charge >= 0.3 is 0 Å². The molecule has 0 unspecified atom stereocenters. The van der Waals surface area contributed by atoms with Crippen molar-refractivity contribution in [2.75, 3.05) is 12.3 Å². The smallest absolute Gasteiger partial charge is 0.273 e. The quantitative estimate of drug-likeness (QED) is 0.806. The van der Waals surface area contributed by atoms with Crippen LogP contribution in [0.3, 0.4) is 0 Å². The van der Waals surface area contributed by atoms with Gasteiger partial charge < -0.3 is 10.6 Å². The number of carbonyl (C=O) groups is 1. The summed E-state index contributed by atoms with van der Waals surface area (Å²) in [6.07, 6.45) is 2.47. The summed E-state index contributed by atoms with van der Waals surface area (Å²) < 4.78 is 0. The summed E-state index contributed by atoms with van der Waals surface area (Å²) >= 11 is 0. The van der Waals surface area contributed by atoms with E-state index in [9.17, 15) is 4.79 Å². The molecule has 4 nitrogen and oxygen atoms in total. The summed E-state index contributed by atoms with van der Waals surface area (Å²) in [5.41, 5.74) is 10.6. The van der Waals surface area contributed by atoms with Gasteiger partial charge in [-0.15, -0.1) is 0 Å². The number of carbonyl (C=O) groups excluding carboxylic acids is 1. The molecule has 102 valence electrons. The molecule has 1 aliphatic rings. The van der Waals surface area contributed by atoms with E-state index in [1.807, 2.05) is 42.2 Å². The number of pyridine rings is 1. The molecule has 2 heterocycles. The minimum atomic E-state index is -0.00354. The molecule has 0 spiro atoms. The van der Waals surface area contributed by atoms with Gasteiger partial charge in [-0.2, -0.15) is 0 Å². The van der Waals surface area contributed by atoms with Crippen LogP contribution in [0, 0.1) is 6.92 Å². The first-order valence-electron chi connectivity index (χ1n) is 6.74. The van der Waals surface area contributed by atoms with E-state index in [0.717, 1.165) is 23.2 Å². The van der Waals surface area contributed by atoms with Crippen molar-refractivity contribution in [2.24, 2.45) is 0 Å². The fraction of sp³-hybridized carbons (Fsp3) is 0.250. The predicted octanol–water partition coefficient (Wildman–Crippen LogP) is 2.17. The van der Waals surface area contributed by atoms with Crippen LogP contribution in [0.4, 0.5) is 5.69 Å². The molecule has 3 rings (SSSR count). The number of aryl methyl sites for hydroxylation is 1. The molecule has 1 aromatic heterocycles. The minimum Gasteiger partial charge on any atom is -0.398 e. The maximum atomic E-state index is 12.5. The summed E-state index contributed by atoms with van der Waals surface area (Å²) in [6, 6.07) is 9.65. The van der Waals surface area contributed by atoms with Crippen LogP contribution < -0.4 is 5.73 Å². The largest absolute Gasteiger partial charge is 0.398 e. The van der Waals surface area contributed by atoms with Gasteiger partial charge in [0.1, 0.15) is 5.69 Å². The second-order valence-corrected chi connectivity index (χ2v) is 5.13. The molecule has 0 saturated carbocycles.